The molecule has 0 aliphatic carbocycles. The van der Waals surface area contributed by atoms with Crippen molar-refractivity contribution in [1.29, 1.82) is 0 Å². The Morgan fingerprint density at radius 3 is 2.52 bits per heavy atom. The zero-order valence-electron chi connectivity index (χ0n) is 13.5. The van der Waals surface area contributed by atoms with E-state index >= 15 is 0 Å². The molecule has 0 heterocycles. The van der Waals surface area contributed by atoms with Crippen molar-refractivity contribution in [1.82, 2.24) is 15.5 Å². The molecule has 118 valence electrons. The van der Waals surface area contributed by atoms with E-state index in [4.69, 9.17) is 0 Å². The van der Waals surface area contributed by atoms with Gasteiger partial charge in [-0.1, -0.05) is 26.0 Å². The van der Waals surface area contributed by atoms with Gasteiger partial charge in [-0.3, -0.25) is 4.99 Å². The molecular weight excluding hydrogens is 267 g/mol. The number of guanidine groups is 1. The summed E-state index contributed by atoms with van der Waals surface area (Å²) in [6, 6.07) is 5.15. The van der Waals surface area contributed by atoms with Gasteiger partial charge >= 0.3 is 0 Å². The van der Waals surface area contributed by atoms with Gasteiger partial charge in [-0.25, -0.2) is 4.39 Å². The molecular formula is C16H27FN4. The molecule has 0 saturated carbocycles. The van der Waals surface area contributed by atoms with Crippen molar-refractivity contribution < 1.29 is 4.39 Å². The monoisotopic (exact) mass is 294 g/mol. The fraction of sp³-hybridized carbons (Fsp3) is 0.562. The molecule has 1 rings (SSSR count). The highest BCUT2D eigenvalue weighted by molar-refractivity contribution is 5.79. The third-order valence-electron chi connectivity index (χ3n) is 3.52. The Bertz CT molecular complexity index is 456. The number of rotatable bonds is 7. The summed E-state index contributed by atoms with van der Waals surface area (Å²) in [7, 11) is 1.75. The van der Waals surface area contributed by atoms with Crippen LogP contribution in [-0.2, 0) is 6.54 Å². The molecule has 0 bridgehead atoms. The zero-order valence-corrected chi connectivity index (χ0v) is 13.5. The number of benzene rings is 1. The highest BCUT2D eigenvalue weighted by atomic mass is 19.1. The highest BCUT2D eigenvalue weighted by Gasteiger charge is 2.02. The lowest BCUT2D eigenvalue weighted by Crippen LogP contribution is -2.41. The minimum absolute atomic E-state index is 0.166. The Morgan fingerprint density at radius 1 is 1.24 bits per heavy atom. The van der Waals surface area contributed by atoms with Crippen molar-refractivity contribution in [3.05, 3.63) is 35.1 Å². The average molecular weight is 294 g/mol. The second kappa shape index (κ2) is 9.34. The van der Waals surface area contributed by atoms with Crippen LogP contribution in [0.4, 0.5) is 4.39 Å². The molecule has 1 aromatic carbocycles. The molecule has 21 heavy (non-hydrogen) atoms. The molecule has 0 unspecified atom stereocenters. The number of nitrogens with zero attached hydrogens (tertiary/aromatic N) is 2. The van der Waals surface area contributed by atoms with Crippen molar-refractivity contribution in [2.45, 2.75) is 27.3 Å². The number of hydrogen-bond acceptors (Lipinski definition) is 2. The van der Waals surface area contributed by atoms with E-state index in [1.54, 1.807) is 20.0 Å². The molecule has 0 aliphatic rings. The fourth-order valence-electron chi connectivity index (χ4n) is 2.10. The zero-order chi connectivity index (χ0) is 15.7. The van der Waals surface area contributed by atoms with Crippen molar-refractivity contribution in [2.24, 2.45) is 4.99 Å². The number of nitrogens with one attached hydrogen (secondary N) is 2. The van der Waals surface area contributed by atoms with E-state index in [0.717, 1.165) is 37.7 Å². The molecule has 0 saturated heterocycles. The number of halogens is 1. The summed E-state index contributed by atoms with van der Waals surface area (Å²) in [5.41, 5.74) is 1.71. The minimum atomic E-state index is -0.166. The van der Waals surface area contributed by atoms with E-state index in [-0.39, 0.29) is 5.82 Å². The maximum Gasteiger partial charge on any atom is 0.191 e. The van der Waals surface area contributed by atoms with Crippen LogP contribution in [0.15, 0.2) is 23.2 Å². The van der Waals surface area contributed by atoms with E-state index < -0.39 is 0 Å². The summed E-state index contributed by atoms with van der Waals surface area (Å²) in [6.07, 6.45) is 0. The van der Waals surface area contributed by atoms with E-state index in [0.29, 0.717) is 12.1 Å². The van der Waals surface area contributed by atoms with Crippen molar-refractivity contribution >= 4 is 5.96 Å². The quantitative estimate of drug-likeness (QED) is 0.598. The first kappa shape index (κ1) is 17.4. The largest absolute Gasteiger partial charge is 0.355 e. The molecule has 1 aromatic rings. The summed E-state index contributed by atoms with van der Waals surface area (Å²) >= 11 is 0. The maximum atomic E-state index is 13.2. The summed E-state index contributed by atoms with van der Waals surface area (Å²) in [4.78, 5) is 6.54. The lowest BCUT2D eigenvalue weighted by molar-refractivity contribution is 0.308. The van der Waals surface area contributed by atoms with Crippen molar-refractivity contribution in [3.8, 4) is 0 Å². The summed E-state index contributed by atoms with van der Waals surface area (Å²) in [5.74, 6) is 0.601. The summed E-state index contributed by atoms with van der Waals surface area (Å²) < 4.78 is 13.2. The lowest BCUT2D eigenvalue weighted by atomic mass is 10.1. The second-order valence-electron chi connectivity index (χ2n) is 4.96. The molecule has 0 atom stereocenters. The predicted octanol–water partition coefficient (Wildman–Crippen LogP) is 2.14. The molecule has 5 heteroatoms. The first-order valence-electron chi connectivity index (χ1n) is 7.52. The van der Waals surface area contributed by atoms with Crippen LogP contribution in [0, 0.1) is 12.7 Å². The van der Waals surface area contributed by atoms with Gasteiger partial charge in [0.15, 0.2) is 5.96 Å². The number of likely N-dealkylation sites (N-methyl/N-ethyl adjacent to an activating group) is 1. The second-order valence-corrected chi connectivity index (χ2v) is 4.96. The standard InChI is InChI=1S/C16H27FN4/c1-5-21(6-2)10-9-19-16(18-4)20-12-14-7-8-15(17)13(3)11-14/h7-8,11H,5-6,9-10,12H2,1-4H3,(H2,18,19,20). The molecule has 0 aliphatic heterocycles. The summed E-state index contributed by atoms with van der Waals surface area (Å²) in [6.45, 7) is 10.7. The van der Waals surface area contributed by atoms with E-state index in [1.165, 1.54) is 6.07 Å². The van der Waals surface area contributed by atoms with Gasteiger partial charge in [0.1, 0.15) is 5.82 Å². The first-order chi connectivity index (χ1) is 10.1. The molecule has 0 radical (unpaired) electrons. The molecule has 0 amide bonds. The van der Waals surface area contributed by atoms with Crippen LogP contribution in [0.25, 0.3) is 0 Å². The molecule has 0 aromatic heterocycles. The van der Waals surface area contributed by atoms with Crippen LogP contribution >= 0.6 is 0 Å². The van der Waals surface area contributed by atoms with Crippen LogP contribution in [0.2, 0.25) is 0 Å². The van der Waals surface area contributed by atoms with Gasteiger partial charge in [-0.15, -0.1) is 0 Å². The number of aryl methyl sites for hydroxylation is 1. The van der Waals surface area contributed by atoms with Crippen molar-refractivity contribution in [3.63, 3.8) is 0 Å². The number of aliphatic imine (C=N–C) groups is 1. The first-order valence-corrected chi connectivity index (χ1v) is 7.52. The van der Waals surface area contributed by atoms with Gasteiger partial charge in [0.25, 0.3) is 0 Å². The molecule has 2 N–H and O–H groups in total. The highest BCUT2D eigenvalue weighted by Crippen LogP contribution is 2.08. The Kier molecular flexibility index (Phi) is 7.75. The van der Waals surface area contributed by atoms with Gasteiger partial charge in [-0.05, 0) is 37.2 Å². The van der Waals surface area contributed by atoms with Gasteiger partial charge in [0.05, 0.1) is 0 Å². The average Bonchev–Trinajstić information content (AvgIpc) is 2.50. The molecule has 4 nitrogen and oxygen atoms in total. The Labute approximate surface area is 127 Å². The normalized spacial score (nSPS) is 11.8. The molecule has 0 fully saturated rings. The lowest BCUT2D eigenvalue weighted by Gasteiger charge is -2.19. The van der Waals surface area contributed by atoms with E-state index in [9.17, 15) is 4.39 Å². The van der Waals surface area contributed by atoms with Crippen LogP contribution in [0.3, 0.4) is 0 Å². The fourth-order valence-corrected chi connectivity index (χ4v) is 2.10. The summed E-state index contributed by atoms with van der Waals surface area (Å²) in [5, 5.41) is 6.53. The Balaban J connectivity index is 2.39. The maximum absolute atomic E-state index is 13.2. The van der Waals surface area contributed by atoms with Crippen LogP contribution in [0.1, 0.15) is 25.0 Å². The van der Waals surface area contributed by atoms with Gasteiger partial charge < -0.3 is 15.5 Å². The minimum Gasteiger partial charge on any atom is -0.355 e. The van der Waals surface area contributed by atoms with Gasteiger partial charge in [0.2, 0.25) is 0 Å². The van der Waals surface area contributed by atoms with Crippen LogP contribution < -0.4 is 10.6 Å². The van der Waals surface area contributed by atoms with Crippen LogP contribution in [0.5, 0.6) is 0 Å². The smallest absolute Gasteiger partial charge is 0.191 e. The number of hydrogen-bond donors (Lipinski definition) is 2. The predicted molar refractivity (Wildman–Crippen MR) is 87.1 cm³/mol. The third kappa shape index (κ3) is 6.12. The Morgan fingerprint density at radius 2 is 1.95 bits per heavy atom. The Hall–Kier alpha value is -1.62. The van der Waals surface area contributed by atoms with Gasteiger partial charge in [-0.2, -0.15) is 0 Å². The third-order valence-corrected chi connectivity index (χ3v) is 3.52. The van der Waals surface area contributed by atoms with Crippen LogP contribution in [-0.4, -0.2) is 44.1 Å². The topological polar surface area (TPSA) is 39.7 Å². The molecule has 0 spiro atoms. The van der Waals surface area contributed by atoms with E-state index in [1.807, 2.05) is 6.07 Å². The van der Waals surface area contributed by atoms with Crippen molar-refractivity contribution in [2.75, 3.05) is 33.2 Å². The van der Waals surface area contributed by atoms with E-state index in [2.05, 4.69) is 34.4 Å². The van der Waals surface area contributed by atoms with Gasteiger partial charge in [0, 0.05) is 26.7 Å². The SMILES string of the molecule is CCN(CC)CCNC(=NC)NCc1ccc(F)c(C)c1.